The van der Waals surface area contributed by atoms with Crippen LogP contribution in [0.1, 0.15) is 74.9 Å². The minimum absolute atomic E-state index is 0.0632. The van der Waals surface area contributed by atoms with Gasteiger partial charge >= 0.3 is 0 Å². The van der Waals surface area contributed by atoms with E-state index in [1.165, 1.54) is 51.4 Å². The summed E-state index contributed by atoms with van der Waals surface area (Å²) >= 11 is 1.55. The zero-order valence-corrected chi connectivity index (χ0v) is 14.8. The fourth-order valence-electron chi connectivity index (χ4n) is 4.42. The van der Waals surface area contributed by atoms with Crippen molar-refractivity contribution in [3.63, 3.8) is 0 Å². The summed E-state index contributed by atoms with van der Waals surface area (Å²) in [5.41, 5.74) is 0.0632. The van der Waals surface area contributed by atoms with Crippen molar-refractivity contribution >= 4 is 17.2 Å². The van der Waals surface area contributed by atoms with Gasteiger partial charge in [-0.05, 0) is 67.7 Å². The van der Waals surface area contributed by atoms with Crippen LogP contribution in [0.15, 0.2) is 17.5 Å². The Bertz CT molecular complexity index is 480. The number of carbonyl (C=O) groups excluding carboxylic acids is 1. The highest BCUT2D eigenvalue weighted by Gasteiger charge is 2.43. The largest absolute Gasteiger partial charge is 0.346 e. The average molecular weight is 320 g/mol. The van der Waals surface area contributed by atoms with E-state index in [4.69, 9.17) is 0 Å². The molecule has 22 heavy (non-hydrogen) atoms. The summed E-state index contributed by atoms with van der Waals surface area (Å²) in [6.07, 6.45) is 10.1. The Hall–Kier alpha value is -0.830. The third-order valence-corrected chi connectivity index (χ3v) is 6.94. The molecule has 0 spiro atoms. The van der Waals surface area contributed by atoms with Gasteiger partial charge in [-0.1, -0.05) is 32.8 Å². The van der Waals surface area contributed by atoms with Crippen LogP contribution >= 0.6 is 11.3 Å². The zero-order chi connectivity index (χ0) is 15.6. The summed E-state index contributed by atoms with van der Waals surface area (Å²) in [5, 5.41) is 5.50. The quantitative estimate of drug-likeness (QED) is 0.809. The lowest BCUT2D eigenvalue weighted by atomic mass is 9.64. The molecule has 2 nitrogen and oxygen atoms in total. The van der Waals surface area contributed by atoms with Crippen LogP contribution in [0, 0.1) is 17.8 Å². The van der Waals surface area contributed by atoms with Crippen molar-refractivity contribution in [2.45, 2.75) is 70.8 Å². The summed E-state index contributed by atoms with van der Waals surface area (Å²) in [4.78, 5) is 13.5. The fourth-order valence-corrected chi connectivity index (χ4v) is 5.04. The molecule has 1 amide bonds. The van der Waals surface area contributed by atoms with Gasteiger partial charge in [-0.3, -0.25) is 4.79 Å². The predicted molar refractivity (Wildman–Crippen MR) is 93.3 cm³/mol. The Morgan fingerprint density at radius 2 is 1.73 bits per heavy atom. The van der Waals surface area contributed by atoms with Gasteiger partial charge in [-0.15, -0.1) is 11.3 Å². The van der Waals surface area contributed by atoms with Gasteiger partial charge in [-0.25, -0.2) is 0 Å². The van der Waals surface area contributed by atoms with E-state index in [1.54, 1.807) is 11.3 Å². The topological polar surface area (TPSA) is 29.1 Å². The van der Waals surface area contributed by atoms with E-state index in [1.807, 2.05) is 17.5 Å². The molecule has 122 valence electrons. The molecule has 1 N–H and O–H groups in total. The van der Waals surface area contributed by atoms with Gasteiger partial charge in [0, 0.05) is 5.54 Å². The molecule has 3 heteroatoms. The molecule has 2 aliphatic rings. The van der Waals surface area contributed by atoms with Crippen LogP contribution in [-0.2, 0) is 0 Å². The van der Waals surface area contributed by atoms with Gasteiger partial charge in [0.2, 0.25) is 0 Å². The molecule has 0 bridgehead atoms. The van der Waals surface area contributed by atoms with Crippen molar-refractivity contribution in [3.05, 3.63) is 22.4 Å². The van der Waals surface area contributed by atoms with Crippen molar-refractivity contribution in [2.24, 2.45) is 17.8 Å². The summed E-state index contributed by atoms with van der Waals surface area (Å²) in [7, 11) is 0. The molecule has 0 aromatic carbocycles. The molecule has 1 heterocycles. The lowest BCUT2D eigenvalue weighted by Crippen LogP contribution is -2.56. The highest BCUT2D eigenvalue weighted by molar-refractivity contribution is 7.12. The second-order valence-electron chi connectivity index (χ2n) is 7.73. The molecule has 0 radical (unpaired) electrons. The maximum Gasteiger partial charge on any atom is 0.261 e. The van der Waals surface area contributed by atoms with E-state index in [0.717, 1.165) is 16.7 Å². The van der Waals surface area contributed by atoms with Gasteiger partial charge in [0.25, 0.3) is 5.91 Å². The molecular weight excluding hydrogens is 290 g/mol. The summed E-state index contributed by atoms with van der Waals surface area (Å²) in [6.45, 7) is 4.73. The van der Waals surface area contributed by atoms with Crippen LogP contribution in [0.4, 0.5) is 0 Å². The van der Waals surface area contributed by atoms with Crippen LogP contribution in [0.2, 0.25) is 0 Å². The number of thiophene rings is 1. The fraction of sp³-hybridized carbons (Fsp3) is 0.737. The molecule has 0 unspecified atom stereocenters. The lowest BCUT2D eigenvalue weighted by molar-refractivity contribution is 0.0635. The molecule has 3 rings (SSSR count). The number of nitrogens with one attached hydrogen (secondary N) is 1. The molecule has 2 aliphatic carbocycles. The molecule has 1 aromatic heterocycles. The predicted octanol–water partition coefficient (Wildman–Crippen LogP) is 5.25. The Kier molecular flexibility index (Phi) is 4.91. The van der Waals surface area contributed by atoms with Crippen LogP contribution in [0.25, 0.3) is 0 Å². The minimum atomic E-state index is 0.0632. The normalized spacial score (nSPS) is 36.0. The SMILES string of the molecule is CC1CCC(C2(NC(=O)c3cccs3)CCC(C)CC2)CC1. The third kappa shape index (κ3) is 3.40. The van der Waals surface area contributed by atoms with Gasteiger partial charge in [0.1, 0.15) is 0 Å². The van der Waals surface area contributed by atoms with Crippen molar-refractivity contribution < 1.29 is 4.79 Å². The molecule has 1 aromatic rings. The van der Waals surface area contributed by atoms with E-state index in [0.29, 0.717) is 5.92 Å². The molecule has 0 atom stereocenters. The Morgan fingerprint density at radius 1 is 1.09 bits per heavy atom. The van der Waals surface area contributed by atoms with Crippen molar-refractivity contribution in [1.82, 2.24) is 5.32 Å². The lowest BCUT2D eigenvalue weighted by Gasteiger charge is -2.48. The number of hydrogen-bond acceptors (Lipinski definition) is 2. The summed E-state index contributed by atoms with van der Waals surface area (Å²) < 4.78 is 0. The minimum Gasteiger partial charge on any atom is -0.346 e. The highest BCUT2D eigenvalue weighted by atomic mass is 32.1. The van der Waals surface area contributed by atoms with Crippen LogP contribution in [0.5, 0.6) is 0 Å². The molecular formula is C19H29NOS. The Morgan fingerprint density at radius 3 is 2.32 bits per heavy atom. The second kappa shape index (κ2) is 6.74. The first-order chi connectivity index (χ1) is 10.6. The van der Waals surface area contributed by atoms with Crippen LogP contribution < -0.4 is 5.32 Å². The first kappa shape index (κ1) is 16.0. The van der Waals surface area contributed by atoms with E-state index >= 15 is 0 Å². The van der Waals surface area contributed by atoms with Crippen LogP contribution in [0.3, 0.4) is 0 Å². The van der Waals surface area contributed by atoms with E-state index in [-0.39, 0.29) is 11.4 Å². The van der Waals surface area contributed by atoms with Gasteiger partial charge in [0.15, 0.2) is 0 Å². The number of amides is 1. The van der Waals surface area contributed by atoms with Gasteiger partial charge in [-0.2, -0.15) is 0 Å². The zero-order valence-electron chi connectivity index (χ0n) is 13.9. The number of rotatable bonds is 3. The average Bonchev–Trinajstić information content (AvgIpc) is 3.05. The molecule has 2 fully saturated rings. The molecule has 2 saturated carbocycles. The van der Waals surface area contributed by atoms with Crippen molar-refractivity contribution in [1.29, 1.82) is 0 Å². The highest BCUT2D eigenvalue weighted by Crippen LogP contribution is 2.44. The summed E-state index contributed by atoms with van der Waals surface area (Å²) in [6, 6.07) is 3.92. The smallest absolute Gasteiger partial charge is 0.261 e. The van der Waals surface area contributed by atoms with Gasteiger partial charge < -0.3 is 5.32 Å². The van der Waals surface area contributed by atoms with E-state index < -0.39 is 0 Å². The first-order valence-electron chi connectivity index (χ1n) is 8.95. The number of carbonyl (C=O) groups is 1. The molecule has 0 aliphatic heterocycles. The first-order valence-corrected chi connectivity index (χ1v) is 9.83. The Labute approximate surface area is 138 Å². The van der Waals surface area contributed by atoms with Gasteiger partial charge in [0.05, 0.1) is 4.88 Å². The second-order valence-corrected chi connectivity index (χ2v) is 8.67. The maximum atomic E-state index is 12.7. The van der Waals surface area contributed by atoms with Crippen LogP contribution in [-0.4, -0.2) is 11.4 Å². The number of hydrogen-bond donors (Lipinski definition) is 1. The molecule has 0 saturated heterocycles. The standard InChI is InChI=1S/C19H29NOS/c1-14-5-7-16(8-6-14)19(11-9-15(2)10-12-19)20-18(21)17-4-3-13-22-17/h3-4,13-16H,5-12H2,1-2H3,(H,20,21). The maximum absolute atomic E-state index is 12.7. The third-order valence-electron chi connectivity index (χ3n) is 6.07. The summed E-state index contributed by atoms with van der Waals surface area (Å²) in [5.74, 6) is 2.52. The Balaban J connectivity index is 1.76. The van der Waals surface area contributed by atoms with E-state index in [2.05, 4.69) is 19.2 Å². The van der Waals surface area contributed by atoms with E-state index in [9.17, 15) is 4.79 Å². The van der Waals surface area contributed by atoms with Crippen molar-refractivity contribution in [2.75, 3.05) is 0 Å². The van der Waals surface area contributed by atoms with Crippen molar-refractivity contribution in [3.8, 4) is 0 Å². The monoisotopic (exact) mass is 319 g/mol.